The molecular formula is C5H5Br2NO. The minimum atomic E-state index is 0.727. The number of nitrogens with zero attached hydrogens (tertiary/aromatic N) is 1. The van der Waals surface area contributed by atoms with Crippen LogP contribution in [-0.4, -0.2) is 5.16 Å². The van der Waals surface area contributed by atoms with Gasteiger partial charge in [0, 0.05) is 0 Å². The molecule has 1 aromatic rings. The molecule has 0 fully saturated rings. The molecule has 4 heteroatoms. The van der Waals surface area contributed by atoms with Crippen molar-refractivity contribution < 1.29 is 4.52 Å². The second-order valence-electron chi connectivity index (χ2n) is 1.63. The molecule has 0 aromatic carbocycles. The number of hydrogen-bond acceptors (Lipinski definition) is 2. The van der Waals surface area contributed by atoms with Gasteiger partial charge in [-0.2, -0.15) is 0 Å². The summed E-state index contributed by atoms with van der Waals surface area (Å²) >= 11 is 6.59. The molecule has 0 amide bonds. The zero-order chi connectivity index (χ0) is 6.85. The van der Waals surface area contributed by atoms with Gasteiger partial charge in [0.25, 0.3) is 0 Å². The fourth-order valence-corrected chi connectivity index (χ4v) is 1.53. The highest BCUT2D eigenvalue weighted by Crippen LogP contribution is 2.21. The fraction of sp³-hybridized carbons (Fsp3) is 0.400. The van der Waals surface area contributed by atoms with Crippen LogP contribution in [0.4, 0.5) is 0 Å². The normalized spacial score (nSPS) is 10.1. The average Bonchev–Trinajstić information content (AvgIpc) is 2.15. The quantitative estimate of drug-likeness (QED) is 0.721. The van der Waals surface area contributed by atoms with Crippen LogP contribution in [0, 0.1) is 6.92 Å². The Morgan fingerprint density at radius 3 is 2.56 bits per heavy atom. The molecular weight excluding hydrogens is 250 g/mol. The summed E-state index contributed by atoms with van der Waals surface area (Å²) < 4.78 is 5.82. The largest absolute Gasteiger partial charge is 0.360 e. The van der Waals surface area contributed by atoms with E-state index in [-0.39, 0.29) is 0 Å². The van der Waals surface area contributed by atoms with Crippen molar-refractivity contribution >= 4 is 31.9 Å². The van der Waals surface area contributed by atoms with Crippen LogP contribution in [0.1, 0.15) is 11.5 Å². The molecule has 0 radical (unpaired) electrons. The van der Waals surface area contributed by atoms with Gasteiger partial charge < -0.3 is 4.52 Å². The summed E-state index contributed by atoms with van der Waals surface area (Å²) in [7, 11) is 0. The highest BCUT2D eigenvalue weighted by Gasteiger charge is 2.06. The molecule has 0 saturated carbocycles. The van der Waals surface area contributed by atoms with Gasteiger partial charge in [-0.25, -0.2) is 0 Å². The summed E-state index contributed by atoms with van der Waals surface area (Å²) in [4.78, 5) is 0. The second kappa shape index (κ2) is 2.84. The molecule has 1 aromatic heterocycles. The van der Waals surface area contributed by atoms with Crippen molar-refractivity contribution in [3.05, 3.63) is 15.9 Å². The van der Waals surface area contributed by atoms with Crippen molar-refractivity contribution in [3.8, 4) is 0 Å². The highest BCUT2D eigenvalue weighted by atomic mass is 79.9. The van der Waals surface area contributed by atoms with Crippen molar-refractivity contribution in [2.24, 2.45) is 0 Å². The molecule has 0 aliphatic heterocycles. The first-order valence-corrected chi connectivity index (χ1v) is 4.33. The van der Waals surface area contributed by atoms with E-state index < -0.39 is 0 Å². The lowest BCUT2D eigenvalue weighted by atomic mass is 10.4. The third-order valence-electron chi connectivity index (χ3n) is 0.982. The van der Waals surface area contributed by atoms with Crippen LogP contribution >= 0.6 is 31.9 Å². The Bertz CT molecular complexity index is 209. The summed E-state index contributed by atoms with van der Waals surface area (Å²) in [5, 5.41) is 4.49. The van der Waals surface area contributed by atoms with Gasteiger partial charge in [0.2, 0.25) is 0 Å². The van der Waals surface area contributed by atoms with Crippen LogP contribution in [0.3, 0.4) is 0 Å². The van der Waals surface area contributed by atoms with Gasteiger partial charge in [-0.05, 0) is 22.9 Å². The molecule has 9 heavy (non-hydrogen) atoms. The number of halogens is 2. The van der Waals surface area contributed by atoms with Crippen LogP contribution in [0.25, 0.3) is 0 Å². The van der Waals surface area contributed by atoms with E-state index >= 15 is 0 Å². The lowest BCUT2D eigenvalue weighted by Crippen LogP contribution is -1.74. The molecule has 0 bridgehead atoms. The number of alkyl halides is 1. The summed E-state index contributed by atoms with van der Waals surface area (Å²) in [6.07, 6.45) is 0. The summed E-state index contributed by atoms with van der Waals surface area (Å²) in [5.74, 6) is 0.824. The molecule has 0 N–H and O–H groups in total. The van der Waals surface area contributed by atoms with Crippen molar-refractivity contribution in [2.45, 2.75) is 12.3 Å². The van der Waals surface area contributed by atoms with E-state index in [9.17, 15) is 0 Å². The molecule has 50 valence electrons. The van der Waals surface area contributed by atoms with Crippen LogP contribution in [-0.2, 0) is 5.33 Å². The van der Waals surface area contributed by atoms with E-state index in [0.717, 1.165) is 21.3 Å². The van der Waals surface area contributed by atoms with E-state index in [1.165, 1.54) is 0 Å². The lowest BCUT2D eigenvalue weighted by Gasteiger charge is -1.82. The van der Waals surface area contributed by atoms with E-state index in [1.54, 1.807) is 0 Å². The maximum Gasteiger partial charge on any atom is 0.148 e. The molecule has 1 rings (SSSR count). The first-order valence-electron chi connectivity index (χ1n) is 2.42. The summed E-state index contributed by atoms with van der Waals surface area (Å²) in [6, 6.07) is 0. The molecule has 0 aliphatic carbocycles. The number of aryl methyl sites for hydroxylation is 1. The number of hydrogen-bond donors (Lipinski definition) is 0. The predicted octanol–water partition coefficient (Wildman–Crippen LogP) is 2.64. The SMILES string of the molecule is Cc1onc(CBr)c1Br. The van der Waals surface area contributed by atoms with Gasteiger partial charge in [-0.15, -0.1) is 0 Å². The molecule has 0 saturated heterocycles. The topological polar surface area (TPSA) is 26.0 Å². The Morgan fingerprint density at radius 1 is 1.67 bits per heavy atom. The minimum absolute atomic E-state index is 0.727. The van der Waals surface area contributed by atoms with Crippen molar-refractivity contribution in [1.82, 2.24) is 5.16 Å². The zero-order valence-electron chi connectivity index (χ0n) is 4.82. The Hall–Kier alpha value is 0.170. The second-order valence-corrected chi connectivity index (χ2v) is 2.99. The fourth-order valence-electron chi connectivity index (χ4n) is 0.490. The van der Waals surface area contributed by atoms with Gasteiger partial charge in [-0.3, -0.25) is 0 Å². The molecule has 0 unspecified atom stereocenters. The van der Waals surface area contributed by atoms with Crippen molar-refractivity contribution in [2.75, 3.05) is 0 Å². The van der Waals surface area contributed by atoms with Crippen molar-refractivity contribution in [3.63, 3.8) is 0 Å². The first-order chi connectivity index (χ1) is 4.25. The lowest BCUT2D eigenvalue weighted by molar-refractivity contribution is 0.392. The van der Waals surface area contributed by atoms with Crippen LogP contribution in [0.2, 0.25) is 0 Å². The molecule has 2 nitrogen and oxygen atoms in total. The maximum absolute atomic E-state index is 4.86. The predicted molar refractivity (Wildman–Crippen MR) is 41.6 cm³/mol. The third kappa shape index (κ3) is 1.35. The third-order valence-corrected chi connectivity index (χ3v) is 2.53. The van der Waals surface area contributed by atoms with Gasteiger partial charge in [0.15, 0.2) is 0 Å². The Kier molecular flexibility index (Phi) is 2.29. The number of rotatable bonds is 1. The van der Waals surface area contributed by atoms with Crippen molar-refractivity contribution in [1.29, 1.82) is 0 Å². The van der Waals surface area contributed by atoms with E-state index in [2.05, 4.69) is 37.0 Å². The molecule has 0 spiro atoms. The van der Waals surface area contributed by atoms with E-state index in [4.69, 9.17) is 4.52 Å². The maximum atomic E-state index is 4.86. The van der Waals surface area contributed by atoms with Gasteiger partial charge in [-0.1, -0.05) is 21.1 Å². The standard InChI is InChI=1S/C5H5Br2NO/c1-3-5(7)4(2-6)8-9-3/h2H2,1H3. The first kappa shape index (κ1) is 7.28. The van der Waals surface area contributed by atoms with Gasteiger partial charge >= 0.3 is 0 Å². The monoisotopic (exact) mass is 253 g/mol. The Morgan fingerprint density at radius 2 is 2.33 bits per heavy atom. The number of aromatic nitrogens is 1. The molecule has 0 aliphatic rings. The van der Waals surface area contributed by atoms with E-state index in [1.807, 2.05) is 6.92 Å². The van der Waals surface area contributed by atoms with Crippen LogP contribution < -0.4 is 0 Å². The Labute approximate surface area is 69.9 Å². The summed E-state index contributed by atoms with van der Waals surface area (Å²) in [6.45, 7) is 1.86. The minimum Gasteiger partial charge on any atom is -0.360 e. The molecule has 0 atom stereocenters. The molecule has 1 heterocycles. The van der Waals surface area contributed by atoms with Crippen LogP contribution in [0.5, 0.6) is 0 Å². The van der Waals surface area contributed by atoms with Gasteiger partial charge in [0.05, 0.1) is 9.80 Å². The van der Waals surface area contributed by atoms with Gasteiger partial charge in [0.1, 0.15) is 11.5 Å². The Balaban J connectivity index is 3.04. The van der Waals surface area contributed by atoms with Crippen LogP contribution in [0.15, 0.2) is 9.00 Å². The summed E-state index contributed by atoms with van der Waals surface area (Å²) in [5.41, 5.74) is 0.910. The smallest absolute Gasteiger partial charge is 0.148 e. The highest BCUT2D eigenvalue weighted by molar-refractivity contribution is 9.10. The average molecular weight is 255 g/mol. The van der Waals surface area contributed by atoms with E-state index in [0.29, 0.717) is 0 Å². The zero-order valence-corrected chi connectivity index (χ0v) is 7.99.